The van der Waals surface area contributed by atoms with E-state index in [1.165, 1.54) is 5.56 Å². The van der Waals surface area contributed by atoms with Crippen LogP contribution >= 0.6 is 0 Å². The monoisotopic (exact) mass is 434 g/mol. The van der Waals surface area contributed by atoms with Crippen molar-refractivity contribution < 1.29 is 9.47 Å². The Morgan fingerprint density at radius 2 is 1.61 bits per heavy atom. The number of nitrogen functional groups attached to an aromatic ring is 1. The zero-order valence-corrected chi connectivity index (χ0v) is 19.0. The summed E-state index contributed by atoms with van der Waals surface area (Å²) < 4.78 is 12.8. The summed E-state index contributed by atoms with van der Waals surface area (Å²) in [5, 5.41) is 7.57. The molecule has 4 heteroatoms. The summed E-state index contributed by atoms with van der Waals surface area (Å²) in [6.45, 7) is 6.44. The van der Waals surface area contributed by atoms with Gasteiger partial charge in [-0.2, -0.15) is 0 Å². The molecule has 5 rings (SSSR count). The Kier molecular flexibility index (Phi) is 4.94. The van der Waals surface area contributed by atoms with Crippen LogP contribution in [-0.4, -0.2) is 5.84 Å². The summed E-state index contributed by atoms with van der Waals surface area (Å²) in [5.74, 6) is 2.92. The highest BCUT2D eigenvalue weighted by atomic mass is 16.6. The Balaban J connectivity index is 1.52. The molecule has 1 heterocycles. The van der Waals surface area contributed by atoms with Crippen molar-refractivity contribution >= 4 is 11.4 Å². The third kappa shape index (κ3) is 3.64. The SMILES string of the molecule is C/C=C\C=C/C1=CC(C)(C)c2ccc3c(c21)Oc1ccc(-c2ccc(C(=N)N)cc2)cc1O3. The summed E-state index contributed by atoms with van der Waals surface area (Å²) >= 11 is 0. The minimum Gasteiger partial charge on any atom is -0.449 e. The number of ether oxygens (including phenoxy) is 2. The Morgan fingerprint density at radius 3 is 2.33 bits per heavy atom. The van der Waals surface area contributed by atoms with Gasteiger partial charge in [0.15, 0.2) is 23.0 Å². The molecule has 0 spiro atoms. The van der Waals surface area contributed by atoms with Gasteiger partial charge in [-0.1, -0.05) is 80.6 Å². The first kappa shape index (κ1) is 20.8. The van der Waals surface area contributed by atoms with Crippen LogP contribution in [0.15, 0.2) is 85.0 Å². The molecule has 0 radical (unpaired) electrons. The lowest BCUT2D eigenvalue weighted by molar-refractivity contribution is 0.358. The van der Waals surface area contributed by atoms with Crippen LogP contribution < -0.4 is 15.2 Å². The number of nitrogens with one attached hydrogen (secondary N) is 1. The first-order valence-corrected chi connectivity index (χ1v) is 11.0. The van der Waals surface area contributed by atoms with E-state index < -0.39 is 0 Å². The predicted octanol–water partition coefficient (Wildman–Crippen LogP) is 7.34. The Hall–Kier alpha value is -4.05. The number of benzene rings is 3. The van der Waals surface area contributed by atoms with Gasteiger partial charge in [0.05, 0.1) is 0 Å². The fraction of sp³-hybridized carbons (Fsp3) is 0.138. The molecular weight excluding hydrogens is 408 g/mol. The third-order valence-electron chi connectivity index (χ3n) is 6.10. The molecule has 3 aromatic rings. The van der Waals surface area contributed by atoms with Gasteiger partial charge in [-0.25, -0.2) is 0 Å². The lowest BCUT2D eigenvalue weighted by atomic mass is 9.87. The van der Waals surface area contributed by atoms with Crippen LogP contribution in [0.1, 0.15) is 37.5 Å². The average Bonchev–Trinajstić information content (AvgIpc) is 3.07. The van der Waals surface area contributed by atoms with E-state index in [1.54, 1.807) is 0 Å². The van der Waals surface area contributed by atoms with Crippen LogP contribution in [0.2, 0.25) is 0 Å². The number of amidine groups is 1. The van der Waals surface area contributed by atoms with Gasteiger partial charge in [-0.15, -0.1) is 0 Å². The molecule has 4 nitrogen and oxygen atoms in total. The van der Waals surface area contributed by atoms with Gasteiger partial charge in [-0.05, 0) is 47.4 Å². The molecule has 0 saturated carbocycles. The molecule has 0 unspecified atom stereocenters. The summed E-state index contributed by atoms with van der Waals surface area (Å²) in [6.07, 6.45) is 10.5. The van der Waals surface area contributed by atoms with Crippen molar-refractivity contribution in [2.24, 2.45) is 5.73 Å². The average molecular weight is 435 g/mol. The Bertz CT molecular complexity index is 1360. The lowest BCUT2D eigenvalue weighted by Crippen LogP contribution is -2.11. The van der Waals surface area contributed by atoms with Gasteiger partial charge in [0.25, 0.3) is 0 Å². The second-order valence-corrected chi connectivity index (χ2v) is 8.88. The Morgan fingerprint density at radius 1 is 0.879 bits per heavy atom. The molecule has 2 aliphatic rings. The van der Waals surface area contributed by atoms with Crippen molar-refractivity contribution in [2.75, 3.05) is 0 Å². The van der Waals surface area contributed by atoms with E-state index in [-0.39, 0.29) is 11.3 Å². The number of rotatable bonds is 4. The van der Waals surface area contributed by atoms with E-state index in [2.05, 4.69) is 38.1 Å². The van der Waals surface area contributed by atoms with Gasteiger partial charge in [-0.3, -0.25) is 5.41 Å². The van der Waals surface area contributed by atoms with E-state index in [0.717, 1.165) is 28.0 Å². The second kappa shape index (κ2) is 7.82. The molecule has 0 aromatic heterocycles. The van der Waals surface area contributed by atoms with E-state index in [0.29, 0.717) is 22.8 Å². The van der Waals surface area contributed by atoms with Crippen LogP contribution in [0.4, 0.5) is 0 Å². The van der Waals surface area contributed by atoms with E-state index in [4.69, 9.17) is 20.6 Å². The van der Waals surface area contributed by atoms with Crippen molar-refractivity contribution in [3.05, 3.63) is 102 Å². The molecule has 0 saturated heterocycles. The summed E-state index contributed by atoms with van der Waals surface area (Å²) in [6, 6.07) is 17.7. The number of nitrogens with two attached hydrogens (primary N) is 1. The molecule has 33 heavy (non-hydrogen) atoms. The highest BCUT2D eigenvalue weighted by Crippen LogP contribution is 2.54. The van der Waals surface area contributed by atoms with Crippen LogP contribution in [0.3, 0.4) is 0 Å². The molecule has 3 aromatic carbocycles. The smallest absolute Gasteiger partial charge is 0.178 e. The molecule has 164 valence electrons. The van der Waals surface area contributed by atoms with Crippen molar-refractivity contribution in [2.45, 2.75) is 26.2 Å². The van der Waals surface area contributed by atoms with Crippen LogP contribution in [0.5, 0.6) is 23.0 Å². The summed E-state index contributed by atoms with van der Waals surface area (Å²) in [4.78, 5) is 0. The van der Waals surface area contributed by atoms with Gasteiger partial charge in [0.1, 0.15) is 5.84 Å². The molecule has 3 N–H and O–H groups in total. The quantitative estimate of drug-likeness (QED) is 0.200. The minimum absolute atomic E-state index is 0.0602. The first-order valence-electron chi connectivity index (χ1n) is 11.0. The maximum Gasteiger partial charge on any atom is 0.178 e. The number of hydrogen-bond donors (Lipinski definition) is 2. The zero-order valence-electron chi connectivity index (χ0n) is 19.0. The van der Waals surface area contributed by atoms with Gasteiger partial charge in [0.2, 0.25) is 0 Å². The third-order valence-corrected chi connectivity index (χ3v) is 6.10. The molecule has 0 atom stereocenters. The highest BCUT2D eigenvalue weighted by molar-refractivity contribution is 5.95. The van der Waals surface area contributed by atoms with E-state index in [1.807, 2.05) is 67.6 Å². The normalized spacial score (nSPS) is 15.4. The number of fused-ring (bicyclic) bond motifs is 4. The summed E-state index contributed by atoms with van der Waals surface area (Å²) in [7, 11) is 0. The molecule has 0 bridgehead atoms. The largest absolute Gasteiger partial charge is 0.449 e. The van der Waals surface area contributed by atoms with Gasteiger partial charge < -0.3 is 15.2 Å². The molecule has 0 fully saturated rings. The number of hydrogen-bond acceptors (Lipinski definition) is 3. The van der Waals surface area contributed by atoms with Gasteiger partial charge >= 0.3 is 0 Å². The second-order valence-electron chi connectivity index (χ2n) is 8.88. The van der Waals surface area contributed by atoms with Crippen LogP contribution in [0, 0.1) is 5.41 Å². The van der Waals surface area contributed by atoms with Crippen molar-refractivity contribution in [3.63, 3.8) is 0 Å². The minimum atomic E-state index is -0.0838. The topological polar surface area (TPSA) is 68.3 Å². The van der Waals surface area contributed by atoms with Gasteiger partial charge in [0, 0.05) is 16.5 Å². The molecule has 0 amide bonds. The van der Waals surface area contributed by atoms with Crippen LogP contribution in [-0.2, 0) is 5.41 Å². The first-order chi connectivity index (χ1) is 15.9. The summed E-state index contributed by atoms with van der Waals surface area (Å²) in [5.41, 5.74) is 11.7. The standard InChI is InChI=1S/C29H26N2O2/c1-4-5-6-7-21-17-29(2,3)22-13-15-24-27(26(21)22)33-23-14-12-20(16-25(23)32-24)18-8-10-19(11-9-18)28(30)31/h4-17H,1-3H3,(H3,30,31)/b5-4-,7-6-. The maximum atomic E-state index is 7.57. The lowest BCUT2D eigenvalue weighted by Gasteiger charge is -2.25. The fourth-order valence-electron chi connectivity index (χ4n) is 4.43. The predicted molar refractivity (Wildman–Crippen MR) is 134 cm³/mol. The molecule has 1 aliphatic carbocycles. The fourth-order valence-corrected chi connectivity index (χ4v) is 4.43. The Labute approximate surface area is 194 Å². The van der Waals surface area contributed by atoms with Crippen molar-refractivity contribution in [1.29, 1.82) is 5.41 Å². The van der Waals surface area contributed by atoms with E-state index >= 15 is 0 Å². The maximum absolute atomic E-state index is 7.57. The van der Waals surface area contributed by atoms with E-state index in [9.17, 15) is 0 Å². The molecular formula is C29H26N2O2. The van der Waals surface area contributed by atoms with Crippen molar-refractivity contribution in [1.82, 2.24) is 0 Å². The highest BCUT2D eigenvalue weighted by Gasteiger charge is 2.35. The van der Waals surface area contributed by atoms with Crippen molar-refractivity contribution in [3.8, 4) is 34.1 Å². The number of allylic oxidation sites excluding steroid dienone is 6. The van der Waals surface area contributed by atoms with Crippen LogP contribution in [0.25, 0.3) is 16.7 Å². The molecule has 1 aliphatic heterocycles. The zero-order chi connectivity index (χ0) is 23.2.